The first-order chi connectivity index (χ1) is 15.9. The highest BCUT2D eigenvalue weighted by Crippen LogP contribution is 2.33. The van der Waals surface area contributed by atoms with Crippen molar-refractivity contribution < 1.29 is 19.4 Å². The van der Waals surface area contributed by atoms with E-state index in [4.69, 9.17) is 4.74 Å². The number of carbonyl (C=O) groups excluding carboxylic acids is 2. The van der Waals surface area contributed by atoms with Gasteiger partial charge in [-0.05, 0) is 48.2 Å². The molecule has 0 amide bonds. The van der Waals surface area contributed by atoms with Gasteiger partial charge >= 0.3 is 0 Å². The minimum Gasteiger partial charge on any atom is -0.508 e. The number of aromatic hydroxyl groups is 1. The molecule has 6 nitrogen and oxygen atoms in total. The Bertz CT molecular complexity index is 1200. The van der Waals surface area contributed by atoms with Gasteiger partial charge < -0.3 is 9.84 Å². The summed E-state index contributed by atoms with van der Waals surface area (Å²) in [6, 6.07) is 7.60. The zero-order valence-corrected chi connectivity index (χ0v) is 21.0. The second kappa shape index (κ2) is 10.6. The van der Waals surface area contributed by atoms with Crippen LogP contribution >= 0.6 is 31.9 Å². The van der Waals surface area contributed by atoms with E-state index in [0.29, 0.717) is 32.3 Å². The van der Waals surface area contributed by atoms with Crippen molar-refractivity contribution in [2.24, 2.45) is 0 Å². The fraction of sp³-hybridized carbons (Fsp3) is 0.280. The van der Waals surface area contributed by atoms with Crippen LogP contribution in [0.5, 0.6) is 11.5 Å². The van der Waals surface area contributed by atoms with Crippen LogP contribution in [-0.4, -0.2) is 26.6 Å². The van der Waals surface area contributed by atoms with Crippen LogP contribution in [0, 0.1) is 0 Å². The minimum atomic E-state index is 0.213. The second-order valence-corrected chi connectivity index (χ2v) is 9.90. The van der Waals surface area contributed by atoms with Crippen molar-refractivity contribution in [3.8, 4) is 11.5 Å². The fourth-order valence-corrected chi connectivity index (χ4v) is 4.99. The molecule has 3 aromatic rings. The number of hydrogen-bond acceptors (Lipinski definition) is 6. The summed E-state index contributed by atoms with van der Waals surface area (Å²) in [5, 5.41) is 9.57. The summed E-state index contributed by atoms with van der Waals surface area (Å²) in [6.07, 6.45) is 8.55. The Hall–Kier alpha value is -2.58. The van der Waals surface area contributed by atoms with Crippen molar-refractivity contribution in [1.29, 1.82) is 0 Å². The van der Waals surface area contributed by atoms with Gasteiger partial charge in [-0.25, -0.2) is 9.97 Å². The molecule has 0 radical (unpaired) electrons. The Kier molecular flexibility index (Phi) is 7.55. The predicted molar refractivity (Wildman–Crippen MR) is 130 cm³/mol. The number of ketones is 2. The predicted octanol–water partition coefficient (Wildman–Crippen LogP) is 5.09. The normalized spacial score (nSPS) is 14.6. The van der Waals surface area contributed by atoms with Gasteiger partial charge in [-0.15, -0.1) is 0 Å². The summed E-state index contributed by atoms with van der Waals surface area (Å²) < 4.78 is 7.71. The van der Waals surface area contributed by atoms with E-state index in [1.807, 2.05) is 12.1 Å². The van der Waals surface area contributed by atoms with Gasteiger partial charge in [0, 0.05) is 63.7 Å². The molecule has 1 N–H and O–H groups in total. The number of halogens is 2. The van der Waals surface area contributed by atoms with Crippen LogP contribution in [0.4, 0.5) is 0 Å². The molecule has 0 saturated heterocycles. The molecular formula is C25H22Br2N2O4. The molecule has 0 spiro atoms. The van der Waals surface area contributed by atoms with Gasteiger partial charge in [0.15, 0.2) is 0 Å². The molecule has 0 fully saturated rings. The van der Waals surface area contributed by atoms with Crippen molar-refractivity contribution in [1.82, 2.24) is 9.97 Å². The maximum absolute atomic E-state index is 11.6. The van der Waals surface area contributed by atoms with E-state index >= 15 is 0 Å². The molecule has 0 bridgehead atoms. The zero-order valence-electron chi connectivity index (χ0n) is 17.8. The van der Waals surface area contributed by atoms with Gasteiger partial charge in [0.05, 0.1) is 0 Å². The summed E-state index contributed by atoms with van der Waals surface area (Å²) in [6.45, 7) is 0.401. The lowest BCUT2D eigenvalue weighted by Gasteiger charge is -2.19. The van der Waals surface area contributed by atoms with Crippen LogP contribution in [0.15, 0.2) is 51.9 Å². The number of aryl methyl sites for hydroxylation is 2. The van der Waals surface area contributed by atoms with Crippen LogP contribution in [0.3, 0.4) is 0 Å². The summed E-state index contributed by atoms with van der Waals surface area (Å²) in [5.74, 6) is 1.49. The number of nitrogens with zero attached hydrogens (tertiary/aromatic N) is 2. The third-order valence-corrected chi connectivity index (χ3v) is 6.57. The molecule has 2 aliphatic carbocycles. The largest absolute Gasteiger partial charge is 0.508 e. The van der Waals surface area contributed by atoms with Gasteiger partial charge in [0.2, 0.25) is 0 Å². The molecule has 0 aliphatic heterocycles. The van der Waals surface area contributed by atoms with Gasteiger partial charge in [0.1, 0.15) is 36.0 Å². The monoisotopic (exact) mass is 572 g/mol. The Labute approximate surface area is 208 Å². The van der Waals surface area contributed by atoms with E-state index < -0.39 is 0 Å². The molecule has 5 rings (SSSR count). The molecule has 0 atom stereocenters. The van der Waals surface area contributed by atoms with Gasteiger partial charge in [-0.1, -0.05) is 31.9 Å². The van der Waals surface area contributed by atoms with Crippen molar-refractivity contribution in [3.63, 3.8) is 0 Å². The standard InChI is InChI=1S/C15H13BrN2O2.C10H9BrO2/c16-12-3-11-1-2-13(19)5-14(11)15(4-12)20-8-10-6-17-9-18-7-10;11-7-3-6-1-2-8(12)5-9(6)10(13)4-7/h3-4,6-7,9H,1-2,5,8H2;3-4,13H,1-2,5H2. The number of phenolic OH excluding ortho intramolecular Hbond substituents is 1. The number of carbonyl (C=O) groups is 2. The Morgan fingerprint density at radius 3 is 2.06 bits per heavy atom. The Morgan fingerprint density at radius 2 is 1.39 bits per heavy atom. The van der Waals surface area contributed by atoms with Crippen molar-refractivity contribution in [2.45, 2.75) is 45.1 Å². The molecule has 1 heterocycles. The Morgan fingerprint density at radius 1 is 0.818 bits per heavy atom. The second-order valence-electron chi connectivity index (χ2n) is 8.07. The van der Waals surface area contributed by atoms with Crippen LogP contribution in [-0.2, 0) is 41.9 Å². The number of aromatic nitrogens is 2. The molecule has 8 heteroatoms. The van der Waals surface area contributed by atoms with Gasteiger partial charge in [0.25, 0.3) is 0 Å². The van der Waals surface area contributed by atoms with Gasteiger partial charge in [-0.2, -0.15) is 0 Å². The van der Waals surface area contributed by atoms with E-state index in [9.17, 15) is 14.7 Å². The molecule has 0 saturated carbocycles. The molecule has 1 aromatic heterocycles. The van der Waals surface area contributed by atoms with Crippen LogP contribution in [0.25, 0.3) is 0 Å². The van der Waals surface area contributed by atoms with E-state index in [-0.39, 0.29) is 17.3 Å². The van der Waals surface area contributed by atoms with Crippen molar-refractivity contribution >= 4 is 43.4 Å². The lowest BCUT2D eigenvalue weighted by molar-refractivity contribution is -0.119. The number of hydrogen-bond donors (Lipinski definition) is 1. The first-order valence-corrected chi connectivity index (χ1v) is 12.2. The highest BCUT2D eigenvalue weighted by atomic mass is 79.9. The van der Waals surface area contributed by atoms with E-state index in [1.165, 1.54) is 11.9 Å². The Balaban J connectivity index is 0.000000172. The minimum absolute atomic E-state index is 0.213. The van der Waals surface area contributed by atoms with Crippen molar-refractivity contribution in [2.75, 3.05) is 0 Å². The summed E-state index contributed by atoms with van der Waals surface area (Å²) >= 11 is 6.80. The van der Waals surface area contributed by atoms with E-state index in [2.05, 4.69) is 47.9 Å². The first-order valence-electron chi connectivity index (χ1n) is 10.6. The highest BCUT2D eigenvalue weighted by Gasteiger charge is 2.21. The summed E-state index contributed by atoms with van der Waals surface area (Å²) in [5.41, 5.74) is 5.01. The lowest BCUT2D eigenvalue weighted by atomic mass is 9.90. The zero-order chi connectivity index (χ0) is 23.4. The third kappa shape index (κ3) is 6.06. The van der Waals surface area contributed by atoms with Crippen molar-refractivity contribution in [3.05, 3.63) is 79.7 Å². The van der Waals surface area contributed by atoms with E-state index in [0.717, 1.165) is 49.8 Å². The fourth-order valence-electron chi connectivity index (χ4n) is 4.01. The smallest absolute Gasteiger partial charge is 0.137 e. The number of fused-ring (bicyclic) bond motifs is 2. The molecule has 33 heavy (non-hydrogen) atoms. The average Bonchev–Trinajstić information content (AvgIpc) is 2.79. The van der Waals surface area contributed by atoms with Gasteiger partial charge in [-0.3, -0.25) is 9.59 Å². The molecule has 170 valence electrons. The average molecular weight is 574 g/mol. The molecule has 2 aromatic carbocycles. The lowest BCUT2D eigenvalue weighted by Crippen LogP contribution is -2.15. The summed E-state index contributed by atoms with van der Waals surface area (Å²) in [4.78, 5) is 30.7. The van der Waals surface area contributed by atoms with Crippen LogP contribution in [0.1, 0.15) is 40.7 Å². The molecule has 2 aliphatic rings. The first kappa shape index (κ1) is 23.6. The quantitative estimate of drug-likeness (QED) is 0.469. The third-order valence-electron chi connectivity index (χ3n) is 5.65. The number of ether oxygens (including phenoxy) is 1. The highest BCUT2D eigenvalue weighted by molar-refractivity contribution is 9.10. The maximum atomic E-state index is 11.6. The topological polar surface area (TPSA) is 89.4 Å². The van der Waals surface area contributed by atoms with Crippen LogP contribution in [0.2, 0.25) is 0 Å². The van der Waals surface area contributed by atoms with E-state index in [1.54, 1.807) is 18.5 Å². The molecule has 0 unspecified atom stereocenters. The maximum Gasteiger partial charge on any atom is 0.137 e. The number of benzene rings is 2. The molecular weight excluding hydrogens is 552 g/mol. The number of Topliss-reactive ketones (excluding diaryl/α,β-unsaturated/α-hetero) is 2. The number of rotatable bonds is 3. The van der Waals surface area contributed by atoms with Crippen LogP contribution < -0.4 is 4.74 Å². The summed E-state index contributed by atoms with van der Waals surface area (Å²) in [7, 11) is 0. The SMILES string of the molecule is O=C1CCc2cc(Br)cc(O)c2C1.O=C1CCc2cc(Br)cc(OCc3cncnc3)c2C1. The number of phenols is 1.